The molecule has 2 N–H and O–H groups in total. The third-order valence-corrected chi connectivity index (χ3v) is 6.21. The smallest absolute Gasteiger partial charge is 0.275 e. The molecule has 1 aromatic heterocycles. The van der Waals surface area contributed by atoms with Crippen LogP contribution in [0.2, 0.25) is 0 Å². The van der Waals surface area contributed by atoms with Crippen LogP contribution in [0.25, 0.3) is 10.9 Å². The average Bonchev–Trinajstić information content (AvgIpc) is 3.16. The van der Waals surface area contributed by atoms with E-state index in [1.807, 2.05) is 24.3 Å². The number of ether oxygens (including phenoxy) is 1. The molecular formula is C23H22N4O4. The largest absolute Gasteiger partial charge is 0.504 e. The van der Waals surface area contributed by atoms with Gasteiger partial charge in [0, 0.05) is 17.4 Å². The number of H-pyrrole nitrogens is 1. The van der Waals surface area contributed by atoms with Gasteiger partial charge in [0.05, 0.1) is 19.0 Å². The lowest BCUT2D eigenvalue weighted by atomic mass is 9.83. The van der Waals surface area contributed by atoms with Crippen molar-refractivity contribution in [1.29, 1.82) is 0 Å². The van der Waals surface area contributed by atoms with Gasteiger partial charge in [-0.05, 0) is 48.7 Å². The predicted octanol–water partition coefficient (Wildman–Crippen LogP) is 2.36. The van der Waals surface area contributed by atoms with Gasteiger partial charge in [-0.15, -0.1) is 0 Å². The zero-order valence-electron chi connectivity index (χ0n) is 17.3. The van der Waals surface area contributed by atoms with Crippen molar-refractivity contribution in [2.75, 3.05) is 20.2 Å². The Morgan fingerprint density at radius 1 is 1.23 bits per heavy atom. The van der Waals surface area contributed by atoms with Crippen LogP contribution in [0.4, 0.5) is 0 Å². The third-order valence-electron chi connectivity index (χ3n) is 6.21. The number of amides is 2. The Hall–Kier alpha value is -3.81. The molecule has 0 radical (unpaired) electrons. The van der Waals surface area contributed by atoms with Crippen LogP contribution in [-0.2, 0) is 21.5 Å². The van der Waals surface area contributed by atoms with E-state index in [0.29, 0.717) is 24.3 Å². The maximum atomic E-state index is 13.6. The lowest BCUT2D eigenvalue weighted by Crippen LogP contribution is -2.65. The highest BCUT2D eigenvalue weighted by atomic mass is 16.5. The number of aromatic nitrogens is 1. The summed E-state index contributed by atoms with van der Waals surface area (Å²) in [6.45, 7) is 2.16. The first-order valence-corrected chi connectivity index (χ1v) is 10.1. The summed E-state index contributed by atoms with van der Waals surface area (Å²) >= 11 is 0. The number of benzene rings is 2. The van der Waals surface area contributed by atoms with E-state index in [9.17, 15) is 14.7 Å². The van der Waals surface area contributed by atoms with Gasteiger partial charge < -0.3 is 19.7 Å². The van der Waals surface area contributed by atoms with Gasteiger partial charge in [0.25, 0.3) is 5.91 Å². The summed E-state index contributed by atoms with van der Waals surface area (Å²) in [6.07, 6.45) is 2.19. The van der Waals surface area contributed by atoms with Crippen LogP contribution in [0, 0.1) is 0 Å². The highest BCUT2D eigenvalue weighted by Gasteiger charge is 2.54. The number of aromatic amines is 1. The fraction of sp³-hybridized carbons (Fsp3) is 0.261. The van der Waals surface area contributed by atoms with Crippen LogP contribution >= 0.6 is 0 Å². The number of piperazine rings is 1. The number of phenolic OH excluding ortho intramolecular Hbond substituents is 1. The second-order valence-corrected chi connectivity index (χ2v) is 7.93. The van der Waals surface area contributed by atoms with Crippen molar-refractivity contribution in [3.63, 3.8) is 0 Å². The summed E-state index contributed by atoms with van der Waals surface area (Å²) in [5.74, 6) is -0.0906. The lowest BCUT2D eigenvalue weighted by molar-refractivity contribution is -0.165. The minimum atomic E-state index is -1.15. The highest BCUT2D eigenvalue weighted by molar-refractivity contribution is 6.01. The van der Waals surface area contributed by atoms with Gasteiger partial charge in [0.1, 0.15) is 6.54 Å². The maximum Gasteiger partial charge on any atom is 0.275 e. The van der Waals surface area contributed by atoms with Crippen LogP contribution in [0.3, 0.4) is 0 Å². The number of hydrogen-bond acceptors (Lipinski definition) is 5. The van der Waals surface area contributed by atoms with Gasteiger partial charge in [-0.2, -0.15) is 5.10 Å². The number of hydrogen-bond donors (Lipinski definition) is 2. The molecule has 0 aliphatic carbocycles. The Bertz CT molecular complexity index is 1250. The van der Waals surface area contributed by atoms with Crippen molar-refractivity contribution in [2.24, 2.45) is 5.10 Å². The third kappa shape index (κ3) is 2.78. The first-order valence-electron chi connectivity index (χ1n) is 10.1. The van der Waals surface area contributed by atoms with E-state index in [4.69, 9.17) is 4.74 Å². The fourth-order valence-electron chi connectivity index (χ4n) is 4.59. The molecule has 31 heavy (non-hydrogen) atoms. The molecule has 8 heteroatoms. The number of phenols is 1. The molecule has 0 unspecified atom stereocenters. The quantitative estimate of drug-likeness (QED) is 0.638. The van der Waals surface area contributed by atoms with E-state index in [1.165, 1.54) is 24.4 Å². The standard InChI is InChI=1S/C23H22N4O4/c1-23-21-16(15-5-3-4-6-17(15)25-21)9-10-26(23)20(29)13-27(22(23)30)24-12-14-7-8-18(28)19(11-14)31-2/h3-8,11-12,25,28H,9-10,13H2,1-2H3/b24-12+/t23-/m0/s1. The summed E-state index contributed by atoms with van der Waals surface area (Å²) in [5, 5.41) is 16.4. The number of methoxy groups -OCH3 is 1. The molecule has 1 saturated heterocycles. The number of carbonyl (C=O) groups is 2. The van der Waals surface area contributed by atoms with Gasteiger partial charge in [-0.3, -0.25) is 9.59 Å². The maximum absolute atomic E-state index is 13.6. The number of nitrogens with zero attached hydrogens (tertiary/aromatic N) is 3. The first kappa shape index (κ1) is 19.2. The van der Waals surface area contributed by atoms with Crippen LogP contribution in [-0.4, -0.2) is 58.2 Å². The molecular weight excluding hydrogens is 396 g/mol. The average molecular weight is 418 g/mol. The second kappa shape index (κ2) is 6.87. The monoisotopic (exact) mass is 418 g/mol. The Morgan fingerprint density at radius 3 is 2.84 bits per heavy atom. The van der Waals surface area contributed by atoms with Gasteiger partial charge in [-0.1, -0.05) is 18.2 Å². The number of rotatable bonds is 3. The van der Waals surface area contributed by atoms with Gasteiger partial charge in [-0.25, -0.2) is 5.01 Å². The van der Waals surface area contributed by atoms with E-state index in [1.54, 1.807) is 24.0 Å². The number of nitrogens with one attached hydrogen (secondary N) is 1. The molecule has 0 saturated carbocycles. The molecule has 2 aromatic carbocycles. The molecule has 2 amide bonds. The zero-order chi connectivity index (χ0) is 21.8. The van der Waals surface area contributed by atoms with Crippen molar-refractivity contribution in [1.82, 2.24) is 14.9 Å². The van der Waals surface area contributed by atoms with Crippen molar-refractivity contribution < 1.29 is 19.4 Å². The van der Waals surface area contributed by atoms with Crippen LogP contribution in [0.15, 0.2) is 47.6 Å². The first-order chi connectivity index (χ1) is 14.9. The summed E-state index contributed by atoms with van der Waals surface area (Å²) in [5.41, 5.74) is 2.27. The second-order valence-electron chi connectivity index (χ2n) is 7.93. The van der Waals surface area contributed by atoms with Crippen LogP contribution < -0.4 is 4.74 Å². The summed E-state index contributed by atoms with van der Waals surface area (Å²) in [7, 11) is 1.46. The van der Waals surface area contributed by atoms with Gasteiger partial charge >= 0.3 is 0 Å². The molecule has 0 spiro atoms. The molecule has 8 nitrogen and oxygen atoms in total. The Kier molecular flexibility index (Phi) is 4.25. The van der Waals surface area contributed by atoms with Crippen molar-refractivity contribution in [2.45, 2.75) is 18.9 Å². The normalized spacial score (nSPS) is 21.0. The molecule has 2 aliphatic rings. The topological polar surface area (TPSA) is 98.2 Å². The van der Waals surface area contributed by atoms with Gasteiger partial charge in [0.15, 0.2) is 17.0 Å². The van der Waals surface area contributed by atoms with E-state index >= 15 is 0 Å². The Labute approximate surface area is 178 Å². The van der Waals surface area contributed by atoms with Crippen molar-refractivity contribution >= 4 is 28.9 Å². The van der Waals surface area contributed by atoms with Gasteiger partial charge in [0.2, 0.25) is 5.91 Å². The number of para-hydroxylation sites is 1. The molecule has 1 atom stereocenters. The van der Waals surface area contributed by atoms with E-state index in [2.05, 4.69) is 10.1 Å². The number of fused-ring (bicyclic) bond motifs is 5. The van der Waals surface area contributed by atoms with E-state index in [0.717, 1.165) is 22.2 Å². The highest BCUT2D eigenvalue weighted by Crippen LogP contribution is 2.42. The summed E-state index contributed by atoms with van der Waals surface area (Å²) in [6, 6.07) is 12.7. The molecule has 5 rings (SSSR count). The Morgan fingerprint density at radius 2 is 2.03 bits per heavy atom. The fourth-order valence-corrected chi connectivity index (χ4v) is 4.59. The van der Waals surface area contributed by atoms with Crippen LogP contribution in [0.1, 0.15) is 23.7 Å². The van der Waals surface area contributed by atoms with Crippen molar-refractivity contribution in [3.05, 3.63) is 59.3 Å². The van der Waals surface area contributed by atoms with Crippen LogP contribution in [0.5, 0.6) is 11.5 Å². The summed E-state index contributed by atoms with van der Waals surface area (Å²) in [4.78, 5) is 31.6. The molecule has 3 heterocycles. The molecule has 158 valence electrons. The number of carbonyl (C=O) groups excluding carboxylic acids is 2. The minimum Gasteiger partial charge on any atom is -0.504 e. The Balaban J connectivity index is 1.53. The molecule has 0 bridgehead atoms. The summed E-state index contributed by atoms with van der Waals surface area (Å²) < 4.78 is 5.11. The lowest BCUT2D eigenvalue weighted by Gasteiger charge is -2.48. The van der Waals surface area contributed by atoms with E-state index < -0.39 is 5.54 Å². The molecule has 2 aliphatic heterocycles. The number of aromatic hydroxyl groups is 1. The molecule has 3 aromatic rings. The minimum absolute atomic E-state index is 0.0144. The number of hydrazone groups is 1. The predicted molar refractivity (Wildman–Crippen MR) is 115 cm³/mol. The SMILES string of the molecule is COc1cc(/C=N/N2CC(=O)N3CCc4c([nH]c5ccccc45)[C@@]3(C)C2=O)ccc1O. The molecule has 1 fully saturated rings. The van der Waals surface area contributed by atoms with Crippen molar-refractivity contribution in [3.8, 4) is 11.5 Å². The van der Waals surface area contributed by atoms with E-state index in [-0.39, 0.29) is 24.1 Å². The zero-order valence-corrected chi connectivity index (χ0v) is 17.3.